The van der Waals surface area contributed by atoms with Crippen molar-refractivity contribution in [2.75, 3.05) is 17.9 Å². The predicted octanol–water partition coefficient (Wildman–Crippen LogP) is 4.22. The number of carbonyl (C=O) groups is 1. The summed E-state index contributed by atoms with van der Waals surface area (Å²) < 4.78 is 33.5. The fourth-order valence-electron chi connectivity index (χ4n) is 2.99. The van der Waals surface area contributed by atoms with Crippen LogP contribution in [-0.2, 0) is 10.0 Å². The Morgan fingerprint density at radius 2 is 1.61 bits per heavy atom. The molecule has 0 aromatic heterocycles. The van der Waals surface area contributed by atoms with Crippen LogP contribution < -0.4 is 14.8 Å². The van der Waals surface area contributed by atoms with Gasteiger partial charge in [0.15, 0.2) is 0 Å². The average molecular weight is 439 g/mol. The van der Waals surface area contributed by atoms with Gasteiger partial charge in [-0.25, -0.2) is 8.42 Å². The topological polar surface area (TPSA) is 84.5 Å². The molecule has 0 atom stereocenters. The van der Waals surface area contributed by atoms with E-state index < -0.39 is 10.0 Å². The first-order valence-corrected chi connectivity index (χ1v) is 11.4. The molecule has 31 heavy (non-hydrogen) atoms. The Morgan fingerprint density at radius 1 is 0.903 bits per heavy atom. The lowest BCUT2D eigenvalue weighted by Gasteiger charge is -2.13. The van der Waals surface area contributed by atoms with Crippen LogP contribution >= 0.6 is 0 Å². The third-order valence-corrected chi connectivity index (χ3v) is 6.18. The van der Waals surface area contributed by atoms with Crippen LogP contribution in [0, 0.1) is 20.8 Å². The number of amides is 1. The molecular weight excluding hydrogens is 412 g/mol. The lowest BCUT2D eigenvalue weighted by atomic mass is 10.1. The average Bonchev–Trinajstić information content (AvgIpc) is 2.74. The van der Waals surface area contributed by atoms with Gasteiger partial charge < -0.3 is 10.1 Å². The molecule has 3 aromatic carbocycles. The smallest absolute Gasteiger partial charge is 0.261 e. The molecule has 162 valence electrons. The van der Waals surface area contributed by atoms with Crippen molar-refractivity contribution in [3.05, 3.63) is 89.0 Å². The molecule has 0 heterocycles. The first-order valence-electron chi connectivity index (χ1n) is 9.93. The van der Waals surface area contributed by atoms with Crippen LogP contribution in [-0.4, -0.2) is 27.5 Å². The van der Waals surface area contributed by atoms with Crippen LogP contribution in [0.1, 0.15) is 27.0 Å². The molecule has 0 bridgehead atoms. The molecule has 0 aliphatic heterocycles. The summed E-state index contributed by atoms with van der Waals surface area (Å²) in [6.45, 7) is 6.32. The number of ether oxygens (including phenoxy) is 1. The van der Waals surface area contributed by atoms with Gasteiger partial charge in [-0.3, -0.25) is 9.52 Å². The van der Waals surface area contributed by atoms with Crippen molar-refractivity contribution in [1.82, 2.24) is 5.32 Å². The maximum absolute atomic E-state index is 12.6. The van der Waals surface area contributed by atoms with E-state index in [1.165, 1.54) is 0 Å². The van der Waals surface area contributed by atoms with Gasteiger partial charge in [-0.05, 0) is 68.3 Å². The van der Waals surface area contributed by atoms with Gasteiger partial charge in [0.1, 0.15) is 12.4 Å². The van der Waals surface area contributed by atoms with Crippen molar-refractivity contribution in [2.45, 2.75) is 25.7 Å². The number of benzene rings is 3. The quantitative estimate of drug-likeness (QED) is 0.516. The normalized spacial score (nSPS) is 11.1. The maximum atomic E-state index is 12.6. The third-order valence-electron chi connectivity index (χ3n) is 4.80. The van der Waals surface area contributed by atoms with Crippen molar-refractivity contribution in [2.24, 2.45) is 0 Å². The van der Waals surface area contributed by atoms with Crippen LogP contribution in [0.3, 0.4) is 0 Å². The van der Waals surface area contributed by atoms with Gasteiger partial charge in [-0.2, -0.15) is 0 Å². The molecule has 0 spiro atoms. The Balaban J connectivity index is 1.58. The molecule has 6 nitrogen and oxygen atoms in total. The summed E-state index contributed by atoms with van der Waals surface area (Å²) in [4.78, 5) is 12.6. The predicted molar refractivity (Wildman–Crippen MR) is 122 cm³/mol. The number of hydrogen-bond donors (Lipinski definition) is 2. The van der Waals surface area contributed by atoms with Crippen LogP contribution in [0.25, 0.3) is 0 Å². The van der Waals surface area contributed by atoms with Crippen molar-refractivity contribution >= 4 is 21.6 Å². The summed E-state index contributed by atoms with van der Waals surface area (Å²) in [6.07, 6.45) is 0. The van der Waals surface area contributed by atoms with E-state index >= 15 is 0 Å². The lowest BCUT2D eigenvalue weighted by Crippen LogP contribution is -2.28. The lowest BCUT2D eigenvalue weighted by molar-refractivity contribution is 0.0947. The number of nitrogens with one attached hydrogen (secondary N) is 2. The third kappa shape index (κ3) is 5.86. The molecule has 2 N–H and O–H groups in total. The number of anilines is 1. The number of hydrogen-bond acceptors (Lipinski definition) is 4. The number of rotatable bonds is 8. The minimum atomic E-state index is -3.70. The first-order chi connectivity index (χ1) is 14.8. The van der Waals surface area contributed by atoms with Crippen molar-refractivity contribution in [3.8, 4) is 5.75 Å². The monoisotopic (exact) mass is 438 g/mol. The second-order valence-electron chi connectivity index (χ2n) is 7.32. The van der Waals surface area contributed by atoms with Gasteiger partial charge in [0.05, 0.1) is 17.1 Å². The summed E-state index contributed by atoms with van der Waals surface area (Å²) in [6, 6.07) is 19.2. The molecule has 0 saturated heterocycles. The minimum Gasteiger partial charge on any atom is -0.491 e. The number of para-hydroxylation sites is 1. The summed E-state index contributed by atoms with van der Waals surface area (Å²) in [5.41, 5.74) is 3.55. The SMILES string of the molecule is Cc1ccc(S(=O)(=O)Nc2ccc(C(=O)NCCOc3ccccc3C)cc2C)cc1. The van der Waals surface area contributed by atoms with Gasteiger partial charge in [0.25, 0.3) is 15.9 Å². The molecule has 3 rings (SSSR count). The summed E-state index contributed by atoms with van der Waals surface area (Å²) in [5.74, 6) is 0.544. The molecule has 1 amide bonds. The first kappa shape index (κ1) is 22.4. The largest absolute Gasteiger partial charge is 0.491 e. The molecule has 0 aliphatic carbocycles. The van der Waals surface area contributed by atoms with Crippen LogP contribution in [0.4, 0.5) is 5.69 Å². The van der Waals surface area contributed by atoms with Crippen molar-refractivity contribution in [1.29, 1.82) is 0 Å². The highest BCUT2D eigenvalue weighted by molar-refractivity contribution is 7.92. The molecule has 0 unspecified atom stereocenters. The standard InChI is InChI=1S/C24H26N2O4S/c1-17-8-11-21(12-9-17)31(28,29)26-22-13-10-20(16-19(22)3)24(27)25-14-15-30-23-7-5-4-6-18(23)2/h4-13,16,26H,14-15H2,1-3H3,(H,25,27). The summed E-state index contributed by atoms with van der Waals surface area (Å²) >= 11 is 0. The second-order valence-corrected chi connectivity index (χ2v) is 9.00. The summed E-state index contributed by atoms with van der Waals surface area (Å²) in [5, 5.41) is 2.81. The van der Waals surface area contributed by atoms with Gasteiger partial charge in [-0.1, -0.05) is 35.9 Å². The van der Waals surface area contributed by atoms with E-state index in [1.807, 2.05) is 38.1 Å². The van der Waals surface area contributed by atoms with E-state index in [9.17, 15) is 13.2 Å². The molecule has 7 heteroatoms. The van der Waals surface area contributed by atoms with Gasteiger partial charge in [-0.15, -0.1) is 0 Å². The Labute approximate surface area is 183 Å². The van der Waals surface area contributed by atoms with Crippen molar-refractivity contribution < 1.29 is 17.9 Å². The number of sulfonamides is 1. The zero-order valence-electron chi connectivity index (χ0n) is 17.8. The molecular formula is C24H26N2O4S. The van der Waals surface area contributed by atoms with Gasteiger partial charge >= 0.3 is 0 Å². The zero-order chi connectivity index (χ0) is 22.4. The fraction of sp³-hybridized carbons (Fsp3) is 0.208. The fourth-order valence-corrected chi connectivity index (χ4v) is 4.12. The Morgan fingerprint density at radius 3 is 2.29 bits per heavy atom. The molecule has 0 fully saturated rings. The molecule has 0 aliphatic rings. The molecule has 0 saturated carbocycles. The molecule has 0 radical (unpaired) electrons. The van der Waals surface area contributed by atoms with Crippen LogP contribution in [0.5, 0.6) is 5.75 Å². The number of aryl methyl sites for hydroxylation is 3. The van der Waals surface area contributed by atoms with Gasteiger partial charge in [0, 0.05) is 5.56 Å². The Hall–Kier alpha value is -3.32. The zero-order valence-corrected chi connectivity index (χ0v) is 18.6. The van der Waals surface area contributed by atoms with E-state index in [-0.39, 0.29) is 10.8 Å². The van der Waals surface area contributed by atoms with E-state index in [1.54, 1.807) is 49.4 Å². The van der Waals surface area contributed by atoms with E-state index in [2.05, 4.69) is 10.0 Å². The van der Waals surface area contributed by atoms with E-state index in [0.717, 1.165) is 16.9 Å². The van der Waals surface area contributed by atoms with Crippen LogP contribution in [0.2, 0.25) is 0 Å². The van der Waals surface area contributed by atoms with E-state index in [0.29, 0.717) is 30.0 Å². The minimum absolute atomic E-state index is 0.188. The van der Waals surface area contributed by atoms with Crippen molar-refractivity contribution in [3.63, 3.8) is 0 Å². The highest BCUT2D eigenvalue weighted by Gasteiger charge is 2.16. The van der Waals surface area contributed by atoms with Crippen LogP contribution in [0.15, 0.2) is 71.6 Å². The maximum Gasteiger partial charge on any atom is 0.261 e. The van der Waals surface area contributed by atoms with E-state index in [4.69, 9.17) is 4.74 Å². The van der Waals surface area contributed by atoms with Gasteiger partial charge in [0.2, 0.25) is 0 Å². The summed E-state index contributed by atoms with van der Waals surface area (Å²) in [7, 11) is -3.70. The highest BCUT2D eigenvalue weighted by atomic mass is 32.2. The highest BCUT2D eigenvalue weighted by Crippen LogP contribution is 2.21. The number of carbonyl (C=O) groups excluding carboxylic acids is 1. The Bertz CT molecular complexity index is 1170. The second kappa shape index (κ2) is 9.66. The Kier molecular flexibility index (Phi) is 6.97. The molecule has 3 aromatic rings.